The zero-order chi connectivity index (χ0) is 40.1. The van der Waals surface area contributed by atoms with Crippen LogP contribution in [-0.2, 0) is 21.0 Å². The van der Waals surface area contributed by atoms with Gasteiger partial charge in [-0.2, -0.15) is 0 Å². The van der Waals surface area contributed by atoms with E-state index in [2.05, 4.69) is 33.3 Å². The van der Waals surface area contributed by atoms with E-state index >= 15 is 4.39 Å². The van der Waals surface area contributed by atoms with Crippen LogP contribution in [0.5, 0.6) is 5.75 Å². The Hall–Kier alpha value is -2.48. The van der Waals surface area contributed by atoms with Crippen LogP contribution >= 0.6 is 0 Å². The quantitative estimate of drug-likeness (QED) is 0.0804. The fraction of sp³-hybridized carbons (Fsp3) is 0.659. The molecule has 312 valence electrons. The minimum atomic E-state index is -4.16. The highest BCUT2D eigenvalue weighted by Gasteiger charge is 2.34. The molecule has 0 saturated carbocycles. The maximum Gasteiger partial charge on any atom is 0.204 e. The molecule has 3 fully saturated rings. The van der Waals surface area contributed by atoms with Gasteiger partial charge in [0, 0.05) is 49.9 Å². The Morgan fingerprint density at radius 3 is 1.96 bits per heavy atom. The zero-order valence-electron chi connectivity index (χ0n) is 34.2. The molecule has 0 aromatic heterocycles. The number of aliphatic hydroxyl groups excluding tert-OH is 1. The van der Waals surface area contributed by atoms with E-state index in [-0.39, 0.29) is 21.7 Å². The van der Waals surface area contributed by atoms with E-state index in [1.807, 2.05) is 0 Å². The van der Waals surface area contributed by atoms with Gasteiger partial charge in [0.1, 0.15) is 6.26 Å². The third-order valence-electron chi connectivity index (χ3n) is 12.2. The van der Waals surface area contributed by atoms with Gasteiger partial charge in [-0.15, -0.1) is 0 Å². The Bertz CT molecular complexity index is 1680. The maximum absolute atomic E-state index is 15.5. The van der Waals surface area contributed by atoms with Crippen LogP contribution < -0.4 is 4.74 Å². The monoisotopic (exact) mass is 814 g/mol. The second kappa shape index (κ2) is 22.0. The topological polar surface area (TPSA) is 109 Å². The van der Waals surface area contributed by atoms with Gasteiger partial charge in [-0.3, -0.25) is 4.99 Å². The lowest BCUT2D eigenvalue weighted by atomic mass is 9.95. The molecule has 1 unspecified atom stereocenters. The van der Waals surface area contributed by atoms with E-state index in [4.69, 9.17) is 4.74 Å². The average Bonchev–Trinajstić information content (AvgIpc) is 3.21. The summed E-state index contributed by atoms with van der Waals surface area (Å²) in [5.74, 6) is -0.648. The summed E-state index contributed by atoms with van der Waals surface area (Å²) in [6, 6.07) is 10.1. The molecule has 56 heavy (non-hydrogen) atoms. The van der Waals surface area contributed by atoms with E-state index in [0.717, 1.165) is 90.0 Å². The zero-order valence-corrected chi connectivity index (χ0v) is 35.9. The van der Waals surface area contributed by atoms with Crippen molar-refractivity contribution in [3.8, 4) is 5.75 Å². The molecule has 0 bridgehead atoms. The third kappa shape index (κ3) is 12.0. The number of benzene rings is 2. The van der Waals surface area contributed by atoms with Gasteiger partial charge in [-0.25, -0.2) is 12.8 Å². The molecule has 3 aliphatic rings. The smallest absolute Gasteiger partial charge is 0.204 e. The number of halogens is 1. The summed E-state index contributed by atoms with van der Waals surface area (Å²) >= 11 is -1.31. The average molecular weight is 815 g/mol. The first-order valence-corrected chi connectivity index (χ1v) is 24.3. The summed E-state index contributed by atoms with van der Waals surface area (Å²) in [6.07, 6.45) is 19.1. The van der Waals surface area contributed by atoms with Crippen molar-refractivity contribution in [2.45, 2.75) is 145 Å². The van der Waals surface area contributed by atoms with Crippen molar-refractivity contribution in [3.63, 3.8) is 0 Å². The lowest BCUT2D eigenvalue weighted by Crippen LogP contribution is -2.52. The number of allylic oxidation sites excluding steroid dienone is 1. The predicted molar refractivity (Wildman–Crippen MR) is 228 cm³/mol. The Labute approximate surface area is 339 Å². The largest absolute Gasteiger partial charge is 0.612 e. The van der Waals surface area contributed by atoms with Crippen molar-refractivity contribution in [3.05, 3.63) is 52.7 Å². The number of sulfone groups is 1. The molecule has 2 aromatic rings. The summed E-state index contributed by atoms with van der Waals surface area (Å²) in [6.45, 7) is 13.2. The lowest BCUT2D eigenvalue weighted by Gasteiger charge is -2.45. The molecule has 0 spiro atoms. The highest BCUT2D eigenvalue weighted by molar-refractivity contribution is 7.95. The fourth-order valence-corrected chi connectivity index (χ4v) is 10.7. The van der Waals surface area contributed by atoms with Gasteiger partial charge >= 0.3 is 0 Å². The Kier molecular flexibility index (Phi) is 17.6. The number of ether oxygens (including phenoxy) is 1. The highest BCUT2D eigenvalue weighted by atomic mass is 32.2. The molecular weight excluding hydrogens is 748 g/mol. The van der Waals surface area contributed by atoms with Crippen molar-refractivity contribution in [2.75, 3.05) is 52.1 Å². The van der Waals surface area contributed by atoms with Crippen LogP contribution in [0.25, 0.3) is 5.70 Å². The van der Waals surface area contributed by atoms with Gasteiger partial charge in [0.05, 0.1) is 33.9 Å². The van der Waals surface area contributed by atoms with Gasteiger partial charge < -0.3 is 29.1 Å². The van der Waals surface area contributed by atoms with Crippen molar-refractivity contribution in [1.29, 1.82) is 0 Å². The first kappa shape index (κ1) is 44.6. The Balaban J connectivity index is 1.26. The third-order valence-corrected chi connectivity index (χ3v) is 15.0. The van der Waals surface area contributed by atoms with Crippen molar-refractivity contribution < 1.29 is 27.2 Å². The molecule has 3 saturated heterocycles. The molecule has 0 amide bonds. The molecule has 0 aliphatic carbocycles. The van der Waals surface area contributed by atoms with Gasteiger partial charge in [-0.05, 0) is 113 Å². The van der Waals surface area contributed by atoms with E-state index < -0.39 is 26.8 Å². The van der Waals surface area contributed by atoms with E-state index in [9.17, 15) is 18.1 Å². The molecule has 1 N–H and O–H groups in total. The van der Waals surface area contributed by atoms with E-state index in [1.165, 1.54) is 57.1 Å². The van der Waals surface area contributed by atoms with E-state index in [0.29, 0.717) is 53.6 Å². The number of rotatable bonds is 20. The molecule has 3 aliphatic heterocycles. The van der Waals surface area contributed by atoms with Crippen molar-refractivity contribution in [1.82, 2.24) is 14.7 Å². The van der Waals surface area contributed by atoms with Crippen LogP contribution in [0.3, 0.4) is 0 Å². The molecule has 9 nitrogen and oxygen atoms in total. The van der Waals surface area contributed by atoms with Crippen molar-refractivity contribution >= 4 is 39.1 Å². The molecule has 2 aromatic carbocycles. The number of aliphatic hydroxyl groups is 1. The van der Waals surface area contributed by atoms with Gasteiger partial charge in [0.2, 0.25) is 9.84 Å². The fourth-order valence-electron chi connectivity index (χ4n) is 8.77. The molecule has 3 heterocycles. The number of hydrogen-bond acceptors (Lipinski definition) is 9. The van der Waals surface area contributed by atoms with Crippen LogP contribution in [0.2, 0.25) is 0 Å². The van der Waals surface area contributed by atoms with Crippen molar-refractivity contribution in [2.24, 2.45) is 4.99 Å². The van der Waals surface area contributed by atoms with Gasteiger partial charge in [0.25, 0.3) is 0 Å². The van der Waals surface area contributed by atoms with Crippen LogP contribution in [-0.4, -0.2) is 110 Å². The normalized spacial score (nSPS) is 19.6. The number of unbranched alkanes of at least 4 members (excludes halogenated alkanes) is 9. The SMILES string of the molecule is C=Nc1ccc([S+](C)[O-])cc1/C(=C(\C)S(=O)(=O)c1ccc(OCCCCCCCCCCCC)c(F)c1)N1CCC(N2CCC(N3CCC(O)CC3)CC2)CC1. The second-order valence-corrected chi connectivity index (χ2v) is 19.5. The summed E-state index contributed by atoms with van der Waals surface area (Å²) in [4.78, 5) is 12.0. The summed E-state index contributed by atoms with van der Waals surface area (Å²) < 4.78 is 62.7. The Morgan fingerprint density at radius 1 is 0.857 bits per heavy atom. The molecule has 5 rings (SSSR count). The Morgan fingerprint density at radius 2 is 1.41 bits per heavy atom. The number of aliphatic imine (C=N–C) groups is 1. The predicted octanol–water partition coefficient (Wildman–Crippen LogP) is 8.74. The maximum atomic E-state index is 15.5. The second-order valence-electron chi connectivity index (χ2n) is 16.1. The van der Waals surface area contributed by atoms with Crippen LogP contribution in [0, 0.1) is 5.82 Å². The van der Waals surface area contributed by atoms with Crippen LogP contribution in [0.1, 0.15) is 122 Å². The van der Waals surface area contributed by atoms with E-state index in [1.54, 1.807) is 31.4 Å². The van der Waals surface area contributed by atoms with Gasteiger partial charge in [-0.1, -0.05) is 64.7 Å². The number of piperidine rings is 3. The summed E-state index contributed by atoms with van der Waals surface area (Å²) in [5.41, 5.74) is 1.54. The number of likely N-dealkylation sites (tertiary alicyclic amines) is 3. The minimum absolute atomic E-state index is 0.0545. The standard InChI is InChI=1S/C44H67FN4O5S2/c1-5-6-7-8-9-10-11-12-13-14-31-54-43-18-16-39(33-41(43)45)56(52,53)34(2)44(40-32-38(55(4)51)15-17-42(40)46-3)49-27-21-36(22-28-49)47-25-19-35(20-26-47)48-29-23-37(50)24-30-48/h15-18,32-33,35-37,50H,3,5-14,19-31H2,1-2,4H3/b44-34-. The van der Waals surface area contributed by atoms with Crippen LogP contribution in [0.4, 0.5) is 10.1 Å². The first-order valence-electron chi connectivity index (χ1n) is 21.3. The van der Waals surface area contributed by atoms with Crippen LogP contribution in [0.15, 0.2) is 56.1 Å². The first-order chi connectivity index (χ1) is 27.0. The molecular formula is C44H67FN4O5S2. The molecule has 1 atom stereocenters. The van der Waals surface area contributed by atoms with Gasteiger partial charge in [0.15, 0.2) is 16.5 Å². The minimum Gasteiger partial charge on any atom is -0.612 e. The summed E-state index contributed by atoms with van der Waals surface area (Å²) in [7, 11) is -4.16. The molecule has 0 radical (unpaired) electrons. The summed E-state index contributed by atoms with van der Waals surface area (Å²) in [5, 5.41) is 9.95. The highest BCUT2D eigenvalue weighted by Crippen LogP contribution is 2.39. The molecule has 12 heteroatoms. The number of nitrogens with zero attached hydrogens (tertiary/aromatic N) is 4. The number of hydrogen-bond donors (Lipinski definition) is 1. The lowest BCUT2D eigenvalue weighted by molar-refractivity contribution is 0.0252.